The number of hydrogen-bond donors (Lipinski definition) is 0. The van der Waals surface area contributed by atoms with Crippen molar-refractivity contribution in [2.24, 2.45) is 17.3 Å². The maximum Gasteiger partial charge on any atom is 0.339 e. The average Bonchev–Trinajstić information content (AvgIpc) is 2.80. The van der Waals surface area contributed by atoms with Gasteiger partial charge in [0.25, 0.3) is 0 Å². The zero-order chi connectivity index (χ0) is 28.5. The minimum Gasteiger partial charge on any atom is -0.744 e. The molecule has 2 aromatic rings. The van der Waals surface area contributed by atoms with Crippen LogP contribution in [0.1, 0.15) is 79.8 Å². The largest absolute Gasteiger partial charge is 0.744 e. The molecule has 0 aromatic heterocycles. The molecule has 2 aromatic carbocycles. The van der Waals surface area contributed by atoms with E-state index >= 15 is 0 Å². The molecule has 210 valence electrons. The second-order valence-corrected chi connectivity index (χ2v) is 16.6. The molecule has 0 saturated heterocycles. The van der Waals surface area contributed by atoms with Crippen molar-refractivity contribution in [2.45, 2.75) is 75.7 Å². The van der Waals surface area contributed by atoms with Crippen LogP contribution in [-0.2, 0) is 19.6 Å². The molecule has 0 radical (unpaired) electrons. The van der Waals surface area contributed by atoms with Gasteiger partial charge in [-0.2, -0.15) is 0 Å². The molecule has 0 amide bonds. The van der Waals surface area contributed by atoms with E-state index in [-0.39, 0.29) is 40.3 Å². The number of hydrogen-bond acceptors (Lipinski definition) is 7. The summed E-state index contributed by atoms with van der Waals surface area (Å²) in [6.07, 6.45) is 4.29. The Morgan fingerprint density at radius 3 is 2.26 bits per heavy atom. The van der Waals surface area contributed by atoms with Crippen LogP contribution >= 0.6 is 67.8 Å². The van der Waals surface area contributed by atoms with Crippen molar-refractivity contribution >= 4 is 89.8 Å². The monoisotopic (exact) mass is 889 g/mol. The molecular formula is C28H28I3O7S-. The van der Waals surface area contributed by atoms with Crippen molar-refractivity contribution in [3.05, 3.63) is 51.7 Å². The lowest BCUT2D eigenvalue weighted by atomic mass is 9.48. The van der Waals surface area contributed by atoms with Crippen molar-refractivity contribution in [3.8, 4) is 5.75 Å². The lowest BCUT2D eigenvalue weighted by molar-refractivity contribution is -0.189. The number of carbonyl (C=O) groups is 2. The van der Waals surface area contributed by atoms with Crippen molar-refractivity contribution in [2.75, 3.05) is 0 Å². The SMILES string of the molecule is Cc1cc(S(=O)(=O)[O-])c(C(C)C)cc1OC(=O)C12CC3CC(CC(OC(=O)c4cc(I)cc(I)c4I)(C3)C1)C2. The second-order valence-electron chi connectivity index (χ2n) is 11.7. The molecule has 4 fully saturated rings. The molecule has 0 heterocycles. The Bertz CT molecular complexity index is 1470. The Hall–Kier alpha value is -0.520. The van der Waals surface area contributed by atoms with Crippen molar-refractivity contribution < 1.29 is 32.0 Å². The molecule has 2 atom stereocenters. The molecule has 0 spiro atoms. The van der Waals surface area contributed by atoms with Gasteiger partial charge in [-0.05, 0) is 160 Å². The Balaban J connectivity index is 1.44. The summed E-state index contributed by atoms with van der Waals surface area (Å²) in [5, 5.41) is 0. The van der Waals surface area contributed by atoms with Crippen LogP contribution in [0.3, 0.4) is 0 Å². The lowest BCUT2D eigenvalue weighted by Crippen LogP contribution is -2.60. The minimum absolute atomic E-state index is 0.254. The number of esters is 2. The number of halogens is 3. The van der Waals surface area contributed by atoms with E-state index in [0.717, 1.165) is 30.0 Å². The summed E-state index contributed by atoms with van der Waals surface area (Å²) < 4.78 is 50.7. The number of carbonyl (C=O) groups excluding carboxylic acids is 2. The molecule has 4 saturated carbocycles. The molecule has 39 heavy (non-hydrogen) atoms. The smallest absolute Gasteiger partial charge is 0.339 e. The van der Waals surface area contributed by atoms with Gasteiger partial charge in [-0.15, -0.1) is 0 Å². The molecule has 6 rings (SSSR count). The van der Waals surface area contributed by atoms with Crippen LogP contribution in [0.5, 0.6) is 5.75 Å². The maximum atomic E-state index is 13.9. The molecule has 7 nitrogen and oxygen atoms in total. The van der Waals surface area contributed by atoms with Crippen LogP contribution in [0.15, 0.2) is 29.2 Å². The lowest BCUT2D eigenvalue weighted by Gasteiger charge is -2.59. The van der Waals surface area contributed by atoms with Crippen molar-refractivity contribution in [1.82, 2.24) is 0 Å². The van der Waals surface area contributed by atoms with Gasteiger partial charge >= 0.3 is 11.9 Å². The van der Waals surface area contributed by atoms with Crippen LogP contribution in [0, 0.1) is 34.9 Å². The first kappa shape index (κ1) is 30.0. The Morgan fingerprint density at radius 1 is 1.03 bits per heavy atom. The highest BCUT2D eigenvalue weighted by atomic mass is 127. The van der Waals surface area contributed by atoms with E-state index in [2.05, 4.69) is 67.8 Å². The summed E-state index contributed by atoms with van der Waals surface area (Å²) in [6, 6.07) is 6.67. The first-order valence-corrected chi connectivity index (χ1v) is 17.5. The first-order chi connectivity index (χ1) is 18.1. The predicted octanol–water partition coefficient (Wildman–Crippen LogP) is 6.94. The highest BCUT2D eigenvalue weighted by Gasteiger charge is 2.63. The third kappa shape index (κ3) is 5.76. The molecule has 2 unspecified atom stereocenters. The predicted molar refractivity (Wildman–Crippen MR) is 169 cm³/mol. The van der Waals surface area contributed by atoms with Crippen LogP contribution in [0.2, 0.25) is 0 Å². The van der Waals surface area contributed by atoms with Gasteiger partial charge in [0.05, 0.1) is 15.9 Å². The highest BCUT2D eigenvalue weighted by molar-refractivity contribution is 14.1. The van der Waals surface area contributed by atoms with Gasteiger partial charge in [-0.25, -0.2) is 13.2 Å². The summed E-state index contributed by atoms with van der Waals surface area (Å²) >= 11 is 6.60. The zero-order valence-electron chi connectivity index (χ0n) is 21.7. The summed E-state index contributed by atoms with van der Waals surface area (Å²) in [4.78, 5) is 27.0. The standard InChI is InChI=1S/C28H29I3O7S/c1-14(2)19-8-22(15(3)4-23(19)39(34,35)36)37-26(33)27-9-16-5-17(10-27)12-28(11-16,13-27)38-25(32)20-6-18(29)7-21(30)24(20)31/h4,6-8,14,16-17H,5,9-13H2,1-3H3,(H,34,35,36)/p-1. The van der Waals surface area contributed by atoms with Gasteiger partial charge < -0.3 is 14.0 Å². The van der Waals surface area contributed by atoms with E-state index in [1.54, 1.807) is 20.8 Å². The van der Waals surface area contributed by atoms with Crippen LogP contribution in [0.25, 0.3) is 0 Å². The zero-order valence-corrected chi connectivity index (χ0v) is 29.0. The highest BCUT2D eigenvalue weighted by Crippen LogP contribution is 2.63. The van der Waals surface area contributed by atoms with E-state index < -0.39 is 21.1 Å². The fourth-order valence-electron chi connectivity index (χ4n) is 7.16. The van der Waals surface area contributed by atoms with Crippen molar-refractivity contribution in [1.29, 1.82) is 0 Å². The molecular weight excluding hydrogens is 861 g/mol. The molecule has 4 aliphatic carbocycles. The van der Waals surface area contributed by atoms with E-state index in [1.165, 1.54) is 12.1 Å². The summed E-state index contributed by atoms with van der Waals surface area (Å²) in [7, 11) is -4.67. The topological polar surface area (TPSA) is 110 Å². The number of aryl methyl sites for hydroxylation is 1. The first-order valence-electron chi connectivity index (χ1n) is 12.8. The van der Waals surface area contributed by atoms with Gasteiger partial charge in [0.15, 0.2) is 0 Å². The van der Waals surface area contributed by atoms with Gasteiger partial charge in [-0.3, -0.25) is 4.79 Å². The van der Waals surface area contributed by atoms with Crippen LogP contribution < -0.4 is 4.74 Å². The molecule has 4 bridgehead atoms. The number of rotatable bonds is 6. The van der Waals surface area contributed by atoms with E-state index in [1.807, 2.05) is 12.1 Å². The molecule has 0 N–H and O–H groups in total. The van der Waals surface area contributed by atoms with Gasteiger partial charge in [0, 0.05) is 17.1 Å². The third-order valence-electron chi connectivity index (χ3n) is 8.36. The second kappa shape index (κ2) is 10.6. The maximum absolute atomic E-state index is 13.9. The van der Waals surface area contributed by atoms with E-state index in [4.69, 9.17) is 9.47 Å². The summed E-state index contributed by atoms with van der Waals surface area (Å²) in [5.74, 6) is -0.181. The van der Waals surface area contributed by atoms with Crippen LogP contribution in [-0.4, -0.2) is 30.5 Å². The van der Waals surface area contributed by atoms with Gasteiger partial charge in [-0.1, -0.05) is 13.8 Å². The van der Waals surface area contributed by atoms with Gasteiger partial charge in [0.1, 0.15) is 21.5 Å². The fraction of sp³-hybridized carbons (Fsp3) is 0.500. The molecule has 4 aliphatic rings. The molecule has 0 aliphatic heterocycles. The quantitative estimate of drug-likeness (QED) is 0.102. The average molecular weight is 889 g/mol. The van der Waals surface area contributed by atoms with E-state index in [9.17, 15) is 22.6 Å². The third-order valence-corrected chi connectivity index (χ3v) is 12.9. The number of ether oxygens (including phenoxy) is 2. The van der Waals surface area contributed by atoms with Gasteiger partial charge in [0.2, 0.25) is 0 Å². The Kier molecular flexibility index (Phi) is 8.17. The Morgan fingerprint density at radius 2 is 1.67 bits per heavy atom. The number of benzene rings is 2. The minimum atomic E-state index is -4.67. The Labute approximate surface area is 269 Å². The summed E-state index contributed by atoms with van der Waals surface area (Å²) in [5.41, 5.74) is -0.198. The van der Waals surface area contributed by atoms with Crippen LogP contribution in [0.4, 0.5) is 0 Å². The summed E-state index contributed by atoms with van der Waals surface area (Å²) in [6.45, 7) is 5.21. The van der Waals surface area contributed by atoms with E-state index in [0.29, 0.717) is 36.0 Å². The normalized spacial score (nSPS) is 27.6. The van der Waals surface area contributed by atoms with Crippen molar-refractivity contribution in [3.63, 3.8) is 0 Å². The molecule has 11 heteroatoms. The fourth-order valence-corrected chi connectivity index (χ4v) is 10.4.